The summed E-state index contributed by atoms with van der Waals surface area (Å²) in [6.07, 6.45) is 3.54. The van der Waals surface area contributed by atoms with Crippen molar-refractivity contribution in [2.75, 3.05) is 13.7 Å². The molecule has 0 radical (unpaired) electrons. The number of imidazole rings is 1. The van der Waals surface area contributed by atoms with E-state index in [2.05, 4.69) is 22.2 Å². The molecule has 0 bridgehead atoms. The van der Waals surface area contributed by atoms with Crippen LogP contribution < -0.4 is 5.32 Å². The zero-order valence-electron chi connectivity index (χ0n) is 11.3. The molecule has 1 heterocycles. The first-order valence-electron chi connectivity index (χ1n) is 6.47. The van der Waals surface area contributed by atoms with E-state index in [1.54, 1.807) is 19.5 Å². The van der Waals surface area contributed by atoms with Gasteiger partial charge in [0.05, 0.1) is 30.0 Å². The van der Waals surface area contributed by atoms with Crippen molar-refractivity contribution in [2.24, 2.45) is 0 Å². The number of H-pyrrole nitrogens is 1. The lowest BCUT2D eigenvalue weighted by Crippen LogP contribution is -2.37. The molecule has 0 spiro atoms. The molecule has 1 unspecified atom stereocenters. The molecule has 102 valence electrons. The van der Waals surface area contributed by atoms with Gasteiger partial charge in [-0.15, -0.1) is 0 Å². The van der Waals surface area contributed by atoms with Gasteiger partial charge in [0.1, 0.15) is 0 Å². The van der Waals surface area contributed by atoms with Crippen LogP contribution in [0.15, 0.2) is 24.5 Å². The van der Waals surface area contributed by atoms with Crippen LogP contribution in [0, 0.1) is 0 Å². The van der Waals surface area contributed by atoms with Gasteiger partial charge in [-0.05, 0) is 24.6 Å². The van der Waals surface area contributed by atoms with E-state index in [-0.39, 0.29) is 11.9 Å². The van der Waals surface area contributed by atoms with Crippen LogP contribution in [0.3, 0.4) is 0 Å². The third-order valence-electron chi connectivity index (χ3n) is 3.02. The van der Waals surface area contributed by atoms with Gasteiger partial charge in [0.15, 0.2) is 0 Å². The maximum Gasteiger partial charge on any atom is 0.251 e. The summed E-state index contributed by atoms with van der Waals surface area (Å²) in [6, 6.07) is 5.49. The fourth-order valence-corrected chi connectivity index (χ4v) is 2.09. The topological polar surface area (TPSA) is 67.0 Å². The quantitative estimate of drug-likeness (QED) is 0.837. The van der Waals surface area contributed by atoms with Gasteiger partial charge >= 0.3 is 0 Å². The highest BCUT2D eigenvalue weighted by Gasteiger charge is 2.13. The summed E-state index contributed by atoms with van der Waals surface area (Å²) in [5.41, 5.74) is 2.36. The van der Waals surface area contributed by atoms with Gasteiger partial charge in [-0.25, -0.2) is 4.98 Å². The first-order valence-corrected chi connectivity index (χ1v) is 6.47. The Balaban J connectivity index is 2.09. The number of hydrogen-bond donors (Lipinski definition) is 2. The molecule has 0 aliphatic heterocycles. The molecular formula is C14H19N3O2. The van der Waals surface area contributed by atoms with Crippen LogP contribution in [0.2, 0.25) is 0 Å². The number of nitrogens with zero attached hydrogens (tertiary/aromatic N) is 1. The van der Waals surface area contributed by atoms with Crippen molar-refractivity contribution in [1.82, 2.24) is 15.3 Å². The summed E-state index contributed by atoms with van der Waals surface area (Å²) in [5.74, 6) is -0.0769. The number of aromatic nitrogens is 2. The molecule has 0 aliphatic carbocycles. The molecule has 0 saturated heterocycles. The molecule has 2 aromatic rings. The second kappa shape index (κ2) is 6.33. The molecule has 1 aromatic heterocycles. The number of nitrogens with one attached hydrogen (secondary N) is 2. The number of rotatable bonds is 6. The normalized spacial score (nSPS) is 12.5. The Labute approximate surface area is 112 Å². The highest BCUT2D eigenvalue weighted by molar-refractivity contribution is 5.97. The smallest absolute Gasteiger partial charge is 0.251 e. The van der Waals surface area contributed by atoms with Crippen molar-refractivity contribution in [3.63, 3.8) is 0 Å². The van der Waals surface area contributed by atoms with Gasteiger partial charge in [0.25, 0.3) is 5.91 Å². The van der Waals surface area contributed by atoms with Crippen molar-refractivity contribution < 1.29 is 9.53 Å². The molecule has 19 heavy (non-hydrogen) atoms. The van der Waals surface area contributed by atoms with Crippen LogP contribution in [0.4, 0.5) is 0 Å². The Kier molecular flexibility index (Phi) is 4.52. The molecule has 0 fully saturated rings. The van der Waals surface area contributed by atoms with Crippen LogP contribution in [0.5, 0.6) is 0 Å². The predicted molar refractivity (Wildman–Crippen MR) is 74.1 cm³/mol. The lowest BCUT2D eigenvalue weighted by atomic mass is 10.1. The minimum Gasteiger partial charge on any atom is -0.383 e. The molecule has 5 heteroatoms. The van der Waals surface area contributed by atoms with Crippen molar-refractivity contribution in [1.29, 1.82) is 0 Å². The Bertz CT molecular complexity index is 544. The first kappa shape index (κ1) is 13.5. The third-order valence-corrected chi connectivity index (χ3v) is 3.02. The molecule has 5 nitrogen and oxygen atoms in total. The number of benzene rings is 1. The van der Waals surface area contributed by atoms with E-state index >= 15 is 0 Å². The van der Waals surface area contributed by atoms with Gasteiger partial charge in [-0.3, -0.25) is 4.79 Å². The summed E-state index contributed by atoms with van der Waals surface area (Å²) in [4.78, 5) is 19.3. The minimum atomic E-state index is -0.0769. The summed E-state index contributed by atoms with van der Waals surface area (Å²) in [6.45, 7) is 2.62. The lowest BCUT2D eigenvalue weighted by molar-refractivity contribution is 0.0891. The lowest BCUT2D eigenvalue weighted by Gasteiger charge is -2.17. The summed E-state index contributed by atoms with van der Waals surface area (Å²) >= 11 is 0. The number of carbonyl (C=O) groups excluding carboxylic acids is 1. The molecule has 1 atom stereocenters. The second-order valence-corrected chi connectivity index (χ2v) is 4.55. The monoisotopic (exact) mass is 261 g/mol. The fraction of sp³-hybridized carbons (Fsp3) is 0.429. The number of hydrogen-bond acceptors (Lipinski definition) is 3. The number of fused-ring (bicyclic) bond motifs is 1. The standard InChI is InChI=1S/C14H19N3O2/c1-3-4-11(8-19-2)17-14(18)10-5-6-12-13(7-10)16-9-15-12/h5-7,9,11H,3-4,8H2,1-2H3,(H,15,16)(H,17,18). The van der Waals surface area contributed by atoms with E-state index in [4.69, 9.17) is 4.74 Å². The summed E-state index contributed by atoms with van der Waals surface area (Å²) < 4.78 is 5.12. The Morgan fingerprint density at radius 3 is 3.11 bits per heavy atom. The van der Waals surface area contributed by atoms with Crippen molar-refractivity contribution in [2.45, 2.75) is 25.8 Å². The highest BCUT2D eigenvalue weighted by atomic mass is 16.5. The van der Waals surface area contributed by atoms with Crippen LogP contribution >= 0.6 is 0 Å². The van der Waals surface area contributed by atoms with E-state index in [1.807, 2.05) is 12.1 Å². The maximum absolute atomic E-state index is 12.2. The number of ether oxygens (including phenoxy) is 1. The Morgan fingerprint density at radius 1 is 1.53 bits per heavy atom. The van der Waals surface area contributed by atoms with Crippen molar-refractivity contribution in [3.8, 4) is 0 Å². The van der Waals surface area contributed by atoms with Gasteiger partial charge in [0, 0.05) is 12.7 Å². The van der Waals surface area contributed by atoms with E-state index in [1.165, 1.54) is 0 Å². The molecule has 2 N–H and O–H groups in total. The number of amides is 1. The van der Waals surface area contributed by atoms with E-state index in [0.717, 1.165) is 23.9 Å². The predicted octanol–water partition coefficient (Wildman–Crippen LogP) is 2.11. The van der Waals surface area contributed by atoms with Gasteiger partial charge in [-0.2, -0.15) is 0 Å². The molecule has 1 aromatic carbocycles. The second-order valence-electron chi connectivity index (χ2n) is 4.55. The molecule has 0 aliphatic rings. The zero-order chi connectivity index (χ0) is 13.7. The summed E-state index contributed by atoms with van der Waals surface area (Å²) in [7, 11) is 1.64. The van der Waals surface area contributed by atoms with Crippen LogP contribution in [0.25, 0.3) is 11.0 Å². The van der Waals surface area contributed by atoms with Crippen LogP contribution in [-0.4, -0.2) is 35.6 Å². The Hall–Kier alpha value is -1.88. The number of carbonyl (C=O) groups is 1. The fourth-order valence-electron chi connectivity index (χ4n) is 2.09. The third kappa shape index (κ3) is 3.32. The number of aromatic amines is 1. The molecule has 1 amide bonds. The maximum atomic E-state index is 12.2. The van der Waals surface area contributed by atoms with Gasteiger partial charge in [0.2, 0.25) is 0 Å². The average molecular weight is 261 g/mol. The van der Waals surface area contributed by atoms with E-state index in [0.29, 0.717) is 12.2 Å². The zero-order valence-corrected chi connectivity index (χ0v) is 11.3. The van der Waals surface area contributed by atoms with Crippen LogP contribution in [0.1, 0.15) is 30.1 Å². The summed E-state index contributed by atoms with van der Waals surface area (Å²) in [5, 5.41) is 2.99. The van der Waals surface area contributed by atoms with Gasteiger partial charge in [-0.1, -0.05) is 13.3 Å². The first-order chi connectivity index (χ1) is 9.24. The number of methoxy groups -OCH3 is 1. The molecular weight excluding hydrogens is 242 g/mol. The van der Waals surface area contributed by atoms with E-state index < -0.39 is 0 Å². The molecule has 0 saturated carbocycles. The van der Waals surface area contributed by atoms with Crippen molar-refractivity contribution >= 4 is 16.9 Å². The van der Waals surface area contributed by atoms with Crippen LogP contribution in [-0.2, 0) is 4.74 Å². The molecule has 2 rings (SSSR count). The largest absolute Gasteiger partial charge is 0.383 e. The Morgan fingerprint density at radius 2 is 2.37 bits per heavy atom. The SMILES string of the molecule is CCCC(COC)NC(=O)c1ccc2nc[nH]c2c1. The average Bonchev–Trinajstić information content (AvgIpc) is 2.86. The highest BCUT2D eigenvalue weighted by Crippen LogP contribution is 2.12. The minimum absolute atomic E-state index is 0.0555. The van der Waals surface area contributed by atoms with E-state index in [9.17, 15) is 4.79 Å². The van der Waals surface area contributed by atoms with Gasteiger partial charge < -0.3 is 15.0 Å². The van der Waals surface area contributed by atoms with Crippen molar-refractivity contribution in [3.05, 3.63) is 30.1 Å².